The molecule has 7 heavy (non-hydrogen) atoms. The average Bonchev–Trinajstić information content (AvgIpc) is 1.65. The minimum absolute atomic E-state index is 0.150. The van der Waals surface area contributed by atoms with Crippen molar-refractivity contribution in [3.63, 3.8) is 0 Å². The standard InChI is InChI=1S/C5H8O2/c1-4(3-6)5(2)7/h6-7H,1-3H2. The predicted molar refractivity (Wildman–Crippen MR) is 28.0 cm³/mol. The molecule has 0 atom stereocenters. The number of hydrogen-bond acceptors (Lipinski definition) is 2. The number of rotatable bonds is 2. The van der Waals surface area contributed by atoms with Gasteiger partial charge in [0.2, 0.25) is 0 Å². The molecule has 0 aromatic rings. The molecule has 2 heteroatoms. The Bertz CT molecular complexity index is 94.3. The SMILES string of the molecule is C=C(O)C(=C)CO. The lowest BCUT2D eigenvalue weighted by molar-refractivity contribution is 0.315. The van der Waals surface area contributed by atoms with E-state index in [9.17, 15) is 0 Å². The van der Waals surface area contributed by atoms with Gasteiger partial charge < -0.3 is 10.2 Å². The summed E-state index contributed by atoms with van der Waals surface area (Å²) in [6.07, 6.45) is 0. The Hall–Kier alpha value is -0.760. The van der Waals surface area contributed by atoms with Gasteiger partial charge in [-0.1, -0.05) is 13.2 Å². The van der Waals surface area contributed by atoms with Gasteiger partial charge >= 0.3 is 0 Å². The van der Waals surface area contributed by atoms with Crippen molar-refractivity contribution in [2.24, 2.45) is 0 Å². The Labute approximate surface area is 42.4 Å². The van der Waals surface area contributed by atoms with E-state index >= 15 is 0 Å². The quantitative estimate of drug-likeness (QED) is 0.394. The minimum Gasteiger partial charge on any atom is -0.508 e. The Morgan fingerprint density at radius 3 is 1.86 bits per heavy atom. The first-order valence-corrected chi connectivity index (χ1v) is 1.85. The van der Waals surface area contributed by atoms with Crippen LogP contribution in [0, 0.1) is 0 Å². The molecule has 0 heterocycles. The molecule has 0 radical (unpaired) electrons. The van der Waals surface area contributed by atoms with E-state index in [4.69, 9.17) is 10.2 Å². The van der Waals surface area contributed by atoms with Gasteiger partial charge in [-0.15, -0.1) is 0 Å². The zero-order chi connectivity index (χ0) is 5.86. The molecule has 2 nitrogen and oxygen atoms in total. The van der Waals surface area contributed by atoms with Crippen LogP contribution in [0.1, 0.15) is 0 Å². The van der Waals surface area contributed by atoms with Gasteiger partial charge in [-0.2, -0.15) is 0 Å². The third kappa shape index (κ3) is 2.00. The summed E-state index contributed by atoms with van der Waals surface area (Å²) in [7, 11) is 0. The molecule has 0 spiro atoms. The van der Waals surface area contributed by atoms with E-state index in [2.05, 4.69) is 13.2 Å². The monoisotopic (exact) mass is 100 g/mol. The molecule has 0 saturated heterocycles. The summed E-state index contributed by atoms with van der Waals surface area (Å²) in [5.74, 6) is -0.150. The fourth-order valence-electron chi connectivity index (χ4n) is 0.0913. The van der Waals surface area contributed by atoms with Crippen LogP contribution in [-0.4, -0.2) is 16.8 Å². The summed E-state index contributed by atoms with van der Waals surface area (Å²) >= 11 is 0. The van der Waals surface area contributed by atoms with Gasteiger partial charge in [0.25, 0.3) is 0 Å². The number of aliphatic hydroxyl groups excluding tert-OH is 2. The fourth-order valence-corrected chi connectivity index (χ4v) is 0.0913. The second kappa shape index (κ2) is 2.42. The average molecular weight is 100 g/mol. The maximum Gasteiger partial charge on any atom is 0.113 e. The van der Waals surface area contributed by atoms with Crippen LogP contribution in [0.3, 0.4) is 0 Å². The maximum atomic E-state index is 8.37. The summed E-state index contributed by atoms with van der Waals surface area (Å²) in [6, 6.07) is 0. The van der Waals surface area contributed by atoms with Gasteiger partial charge in [0, 0.05) is 5.57 Å². The van der Waals surface area contributed by atoms with Crippen molar-refractivity contribution >= 4 is 0 Å². The molecular formula is C5H8O2. The van der Waals surface area contributed by atoms with Crippen LogP contribution in [0.5, 0.6) is 0 Å². The maximum absolute atomic E-state index is 8.37. The molecule has 0 aromatic heterocycles. The highest BCUT2D eigenvalue weighted by Crippen LogP contribution is 1.95. The molecule has 0 unspecified atom stereocenters. The van der Waals surface area contributed by atoms with Gasteiger partial charge in [-0.05, 0) is 0 Å². The summed E-state index contributed by atoms with van der Waals surface area (Å²) in [5, 5.41) is 16.6. The molecule has 0 amide bonds. The van der Waals surface area contributed by atoms with E-state index in [1.165, 1.54) is 0 Å². The first kappa shape index (κ1) is 6.24. The van der Waals surface area contributed by atoms with Crippen LogP contribution in [-0.2, 0) is 0 Å². The lowest BCUT2D eigenvalue weighted by Gasteiger charge is -1.93. The molecule has 2 N–H and O–H groups in total. The molecule has 40 valence electrons. The predicted octanol–water partition coefficient (Wildman–Crippen LogP) is 0.607. The second-order valence-electron chi connectivity index (χ2n) is 1.21. The van der Waals surface area contributed by atoms with E-state index in [1.54, 1.807) is 0 Å². The molecule has 0 aliphatic heterocycles. The van der Waals surface area contributed by atoms with Gasteiger partial charge in [0.15, 0.2) is 0 Å². The topological polar surface area (TPSA) is 40.5 Å². The summed E-state index contributed by atoms with van der Waals surface area (Å²) in [6.45, 7) is 6.17. The van der Waals surface area contributed by atoms with E-state index in [1.807, 2.05) is 0 Å². The Balaban J connectivity index is 3.58. The minimum atomic E-state index is -0.227. The lowest BCUT2D eigenvalue weighted by Crippen LogP contribution is -1.89. The smallest absolute Gasteiger partial charge is 0.113 e. The van der Waals surface area contributed by atoms with Gasteiger partial charge in [-0.25, -0.2) is 0 Å². The van der Waals surface area contributed by atoms with Crippen molar-refractivity contribution in [2.45, 2.75) is 0 Å². The van der Waals surface area contributed by atoms with Gasteiger partial charge in [-0.3, -0.25) is 0 Å². The van der Waals surface area contributed by atoms with Crippen LogP contribution in [0.25, 0.3) is 0 Å². The Kier molecular flexibility index (Phi) is 2.16. The highest BCUT2D eigenvalue weighted by atomic mass is 16.3. The molecule has 0 aliphatic rings. The molecule has 0 rings (SSSR count). The molecule has 0 fully saturated rings. The van der Waals surface area contributed by atoms with Crippen molar-refractivity contribution in [1.29, 1.82) is 0 Å². The van der Waals surface area contributed by atoms with Crippen LogP contribution >= 0.6 is 0 Å². The van der Waals surface area contributed by atoms with Crippen LogP contribution in [0.15, 0.2) is 24.5 Å². The van der Waals surface area contributed by atoms with Crippen molar-refractivity contribution in [3.05, 3.63) is 24.5 Å². The van der Waals surface area contributed by atoms with Crippen molar-refractivity contribution in [2.75, 3.05) is 6.61 Å². The normalized spacial score (nSPS) is 8.14. The summed E-state index contributed by atoms with van der Waals surface area (Å²) in [5.41, 5.74) is 0.264. The number of hydrogen-bond donors (Lipinski definition) is 2. The second-order valence-corrected chi connectivity index (χ2v) is 1.21. The molecule has 0 aliphatic carbocycles. The first-order valence-electron chi connectivity index (χ1n) is 1.85. The van der Waals surface area contributed by atoms with Crippen LogP contribution in [0.2, 0.25) is 0 Å². The van der Waals surface area contributed by atoms with E-state index in [0.29, 0.717) is 0 Å². The Morgan fingerprint density at radius 1 is 1.43 bits per heavy atom. The van der Waals surface area contributed by atoms with Crippen LogP contribution < -0.4 is 0 Å². The number of aliphatic hydroxyl groups is 2. The summed E-state index contributed by atoms with van der Waals surface area (Å²) < 4.78 is 0. The zero-order valence-corrected chi connectivity index (χ0v) is 4.02. The van der Waals surface area contributed by atoms with Gasteiger partial charge in [0.05, 0.1) is 6.61 Å². The van der Waals surface area contributed by atoms with E-state index < -0.39 is 0 Å². The zero-order valence-electron chi connectivity index (χ0n) is 4.02. The van der Waals surface area contributed by atoms with Crippen molar-refractivity contribution < 1.29 is 10.2 Å². The molecule has 0 aromatic carbocycles. The van der Waals surface area contributed by atoms with Crippen molar-refractivity contribution in [1.82, 2.24) is 0 Å². The van der Waals surface area contributed by atoms with Crippen molar-refractivity contribution in [3.8, 4) is 0 Å². The lowest BCUT2D eigenvalue weighted by atomic mass is 10.3. The highest BCUT2D eigenvalue weighted by molar-refractivity contribution is 5.17. The first-order chi connectivity index (χ1) is 3.18. The fraction of sp³-hybridized carbons (Fsp3) is 0.200. The highest BCUT2D eigenvalue weighted by Gasteiger charge is 1.89. The molecule has 0 saturated carbocycles. The Morgan fingerprint density at radius 2 is 1.86 bits per heavy atom. The third-order valence-corrected chi connectivity index (χ3v) is 0.599. The summed E-state index contributed by atoms with van der Waals surface area (Å²) in [4.78, 5) is 0. The third-order valence-electron chi connectivity index (χ3n) is 0.599. The largest absolute Gasteiger partial charge is 0.508 e. The molecule has 0 bridgehead atoms. The van der Waals surface area contributed by atoms with E-state index in [0.717, 1.165) is 0 Å². The van der Waals surface area contributed by atoms with Crippen LogP contribution in [0.4, 0.5) is 0 Å². The van der Waals surface area contributed by atoms with E-state index in [-0.39, 0.29) is 17.9 Å². The van der Waals surface area contributed by atoms with Gasteiger partial charge in [0.1, 0.15) is 5.76 Å². The molecular weight excluding hydrogens is 92.1 g/mol.